The highest BCUT2D eigenvalue weighted by Gasteiger charge is 2.17. The predicted molar refractivity (Wildman–Crippen MR) is 142 cm³/mol. The van der Waals surface area contributed by atoms with Crippen LogP contribution in [0.3, 0.4) is 0 Å². The van der Waals surface area contributed by atoms with Gasteiger partial charge in [-0.15, -0.1) is 0 Å². The molecule has 7 nitrogen and oxygen atoms in total. The highest BCUT2D eigenvalue weighted by molar-refractivity contribution is 6.04. The van der Waals surface area contributed by atoms with E-state index in [1.54, 1.807) is 21.5 Å². The van der Waals surface area contributed by atoms with Crippen molar-refractivity contribution in [2.24, 2.45) is 0 Å². The Labute approximate surface area is 211 Å². The Morgan fingerprint density at radius 3 is 1.47 bits per heavy atom. The van der Waals surface area contributed by atoms with Crippen molar-refractivity contribution < 1.29 is 14.3 Å². The SMILES string of the molecule is CCOc1c(/C=C/C(=O)/C=C/c2c(C)nn(-c3ccccc3)c2OCC)c(C)nn1-c1ccccc1. The van der Waals surface area contributed by atoms with E-state index in [-0.39, 0.29) is 5.78 Å². The first-order chi connectivity index (χ1) is 17.5. The van der Waals surface area contributed by atoms with Gasteiger partial charge in [0.2, 0.25) is 11.8 Å². The lowest BCUT2D eigenvalue weighted by atomic mass is 10.2. The van der Waals surface area contributed by atoms with E-state index in [1.807, 2.05) is 88.4 Å². The maximum absolute atomic E-state index is 12.8. The summed E-state index contributed by atoms with van der Waals surface area (Å²) >= 11 is 0. The topological polar surface area (TPSA) is 71.2 Å². The van der Waals surface area contributed by atoms with Crippen molar-refractivity contribution in [3.05, 3.63) is 95.3 Å². The number of aromatic nitrogens is 4. The summed E-state index contributed by atoms with van der Waals surface area (Å²) in [5.41, 5.74) is 4.87. The predicted octanol–water partition coefficient (Wildman–Crippen LogP) is 5.77. The molecule has 2 aromatic carbocycles. The molecule has 0 fully saturated rings. The summed E-state index contributed by atoms with van der Waals surface area (Å²) in [6.45, 7) is 8.62. The number of hydrogen-bond acceptors (Lipinski definition) is 5. The van der Waals surface area contributed by atoms with Crippen molar-refractivity contribution in [2.45, 2.75) is 27.7 Å². The Hall–Kier alpha value is -4.39. The zero-order valence-corrected chi connectivity index (χ0v) is 21.0. The van der Waals surface area contributed by atoms with Crippen LogP contribution >= 0.6 is 0 Å². The summed E-state index contributed by atoms with van der Waals surface area (Å²) in [6.07, 6.45) is 6.55. The fourth-order valence-corrected chi connectivity index (χ4v) is 3.85. The number of nitrogens with zero attached hydrogens (tertiary/aromatic N) is 4. The van der Waals surface area contributed by atoms with Crippen molar-refractivity contribution in [3.63, 3.8) is 0 Å². The number of hydrogen-bond donors (Lipinski definition) is 0. The van der Waals surface area contributed by atoms with Crippen LogP contribution in [0.1, 0.15) is 36.4 Å². The fourth-order valence-electron chi connectivity index (χ4n) is 3.85. The van der Waals surface area contributed by atoms with E-state index in [2.05, 4.69) is 10.2 Å². The lowest BCUT2D eigenvalue weighted by molar-refractivity contribution is -0.110. The second kappa shape index (κ2) is 11.4. The van der Waals surface area contributed by atoms with Gasteiger partial charge in [-0.05, 0) is 76.3 Å². The number of ketones is 1. The molecule has 0 aliphatic heterocycles. The van der Waals surface area contributed by atoms with Gasteiger partial charge in [0.15, 0.2) is 5.78 Å². The van der Waals surface area contributed by atoms with Gasteiger partial charge in [-0.1, -0.05) is 36.4 Å². The van der Waals surface area contributed by atoms with Crippen LogP contribution in [0.5, 0.6) is 11.8 Å². The van der Waals surface area contributed by atoms with Gasteiger partial charge in [0.1, 0.15) is 0 Å². The molecule has 0 aliphatic carbocycles. The molecule has 0 bridgehead atoms. The van der Waals surface area contributed by atoms with Crippen LogP contribution in [0.4, 0.5) is 0 Å². The van der Waals surface area contributed by atoms with E-state index in [1.165, 1.54) is 12.2 Å². The minimum absolute atomic E-state index is 0.168. The fraction of sp³-hybridized carbons (Fsp3) is 0.207. The van der Waals surface area contributed by atoms with Crippen molar-refractivity contribution in [1.29, 1.82) is 0 Å². The van der Waals surface area contributed by atoms with Crippen LogP contribution in [-0.2, 0) is 4.79 Å². The molecule has 7 heteroatoms. The lowest BCUT2D eigenvalue weighted by Crippen LogP contribution is -2.03. The van der Waals surface area contributed by atoms with Crippen LogP contribution in [-0.4, -0.2) is 38.6 Å². The molecule has 0 aliphatic rings. The van der Waals surface area contributed by atoms with E-state index in [0.717, 1.165) is 33.9 Å². The molecule has 0 radical (unpaired) electrons. The minimum atomic E-state index is -0.168. The Kier molecular flexibility index (Phi) is 7.80. The van der Waals surface area contributed by atoms with Crippen LogP contribution in [0.25, 0.3) is 23.5 Å². The summed E-state index contributed by atoms with van der Waals surface area (Å²) in [4.78, 5) is 12.8. The molecule has 0 saturated carbocycles. The Bertz CT molecular complexity index is 1280. The molecule has 36 heavy (non-hydrogen) atoms. The van der Waals surface area contributed by atoms with Gasteiger partial charge >= 0.3 is 0 Å². The zero-order valence-electron chi connectivity index (χ0n) is 21.0. The zero-order chi connectivity index (χ0) is 25.5. The maximum Gasteiger partial charge on any atom is 0.224 e. The van der Waals surface area contributed by atoms with Crippen molar-refractivity contribution >= 4 is 17.9 Å². The van der Waals surface area contributed by atoms with E-state index in [9.17, 15) is 4.79 Å². The van der Waals surface area contributed by atoms with Crippen LogP contribution < -0.4 is 9.47 Å². The molecule has 2 heterocycles. The Balaban J connectivity index is 1.61. The molecule has 0 saturated heterocycles. The first-order valence-electron chi connectivity index (χ1n) is 12.0. The van der Waals surface area contributed by atoms with Gasteiger partial charge in [-0.2, -0.15) is 10.2 Å². The van der Waals surface area contributed by atoms with Gasteiger partial charge in [-0.3, -0.25) is 4.79 Å². The summed E-state index contributed by atoms with van der Waals surface area (Å²) in [5.74, 6) is 1.04. The molecule has 0 N–H and O–H groups in total. The number of carbonyl (C=O) groups excluding carboxylic acids is 1. The highest BCUT2D eigenvalue weighted by Crippen LogP contribution is 2.29. The van der Waals surface area contributed by atoms with Gasteiger partial charge < -0.3 is 9.47 Å². The quantitative estimate of drug-likeness (QED) is 0.269. The number of aryl methyl sites for hydroxylation is 2. The average Bonchev–Trinajstić information content (AvgIpc) is 3.38. The molecule has 2 aromatic heterocycles. The Morgan fingerprint density at radius 2 is 1.11 bits per heavy atom. The highest BCUT2D eigenvalue weighted by atomic mass is 16.5. The van der Waals surface area contributed by atoms with Gasteiger partial charge in [0, 0.05) is 0 Å². The van der Waals surface area contributed by atoms with E-state index in [0.29, 0.717) is 25.0 Å². The number of benzene rings is 2. The first kappa shape index (κ1) is 24.7. The number of rotatable bonds is 10. The summed E-state index contributed by atoms with van der Waals surface area (Å²) < 4.78 is 15.3. The Morgan fingerprint density at radius 1 is 0.722 bits per heavy atom. The molecule has 4 aromatic rings. The first-order valence-corrected chi connectivity index (χ1v) is 12.0. The molecule has 0 atom stereocenters. The number of para-hydroxylation sites is 2. The van der Waals surface area contributed by atoms with Crippen LogP contribution in [0.2, 0.25) is 0 Å². The molecule has 4 rings (SSSR count). The van der Waals surface area contributed by atoms with Crippen molar-refractivity contribution in [1.82, 2.24) is 19.6 Å². The summed E-state index contributed by atoms with van der Waals surface area (Å²) in [6, 6.07) is 19.6. The normalized spacial score (nSPS) is 11.4. The molecule has 184 valence electrons. The van der Waals surface area contributed by atoms with Crippen LogP contribution in [0, 0.1) is 13.8 Å². The van der Waals surface area contributed by atoms with Gasteiger partial charge in [0.25, 0.3) is 0 Å². The molecule has 0 amide bonds. The smallest absolute Gasteiger partial charge is 0.224 e. The third kappa shape index (κ3) is 5.30. The monoisotopic (exact) mass is 482 g/mol. The van der Waals surface area contributed by atoms with Gasteiger partial charge in [-0.25, -0.2) is 9.36 Å². The van der Waals surface area contributed by atoms with E-state index >= 15 is 0 Å². The number of carbonyl (C=O) groups is 1. The largest absolute Gasteiger partial charge is 0.477 e. The molecule has 0 spiro atoms. The second-order valence-electron chi connectivity index (χ2n) is 8.04. The minimum Gasteiger partial charge on any atom is -0.477 e. The maximum atomic E-state index is 12.8. The molecular formula is C29H30N4O3. The number of ether oxygens (including phenoxy) is 2. The van der Waals surface area contributed by atoms with E-state index in [4.69, 9.17) is 9.47 Å². The third-order valence-electron chi connectivity index (χ3n) is 5.52. The third-order valence-corrected chi connectivity index (χ3v) is 5.52. The summed E-state index contributed by atoms with van der Waals surface area (Å²) in [7, 11) is 0. The van der Waals surface area contributed by atoms with E-state index < -0.39 is 0 Å². The number of allylic oxidation sites excluding steroid dienone is 2. The van der Waals surface area contributed by atoms with Crippen LogP contribution in [0.15, 0.2) is 72.8 Å². The van der Waals surface area contributed by atoms with Gasteiger partial charge in [0.05, 0.1) is 47.1 Å². The van der Waals surface area contributed by atoms with Crippen molar-refractivity contribution in [3.8, 4) is 23.1 Å². The second-order valence-corrected chi connectivity index (χ2v) is 8.04. The summed E-state index contributed by atoms with van der Waals surface area (Å²) in [5, 5.41) is 9.26. The molecular weight excluding hydrogens is 452 g/mol. The van der Waals surface area contributed by atoms with Crippen molar-refractivity contribution in [2.75, 3.05) is 13.2 Å². The lowest BCUT2D eigenvalue weighted by Gasteiger charge is -2.08. The molecule has 0 unspecified atom stereocenters. The average molecular weight is 483 g/mol. The standard InChI is InChI=1S/C29H30N4O3/c1-5-35-28-26(21(3)30-32(28)23-13-9-7-10-14-23)19-17-25(34)18-20-27-22(4)31-33(29(27)36-6-2)24-15-11-8-12-16-24/h7-20H,5-6H2,1-4H3/b19-17+,20-18+.